The molecule has 0 saturated carbocycles. The lowest BCUT2D eigenvalue weighted by molar-refractivity contribution is 0.0624. The van der Waals surface area contributed by atoms with Crippen LogP contribution in [0.15, 0.2) is 18.5 Å². The second-order valence-electron chi connectivity index (χ2n) is 5.55. The number of amides is 1. The van der Waals surface area contributed by atoms with Crippen molar-refractivity contribution in [1.82, 2.24) is 14.8 Å². The fourth-order valence-electron chi connectivity index (χ4n) is 2.51. The molecule has 2 heterocycles. The summed E-state index contributed by atoms with van der Waals surface area (Å²) in [5, 5.41) is 0. The van der Waals surface area contributed by atoms with Crippen LogP contribution in [-0.4, -0.2) is 53.4 Å². The first-order valence-corrected chi connectivity index (χ1v) is 7.04. The maximum atomic E-state index is 12.5. The largest absolute Gasteiger partial charge is 0.336 e. The van der Waals surface area contributed by atoms with Crippen molar-refractivity contribution < 1.29 is 4.79 Å². The molecule has 1 aliphatic rings. The van der Waals surface area contributed by atoms with E-state index in [1.165, 1.54) is 0 Å². The molecule has 0 atom stereocenters. The number of hydrazine groups is 1. The second kappa shape index (κ2) is 6.67. The highest BCUT2D eigenvalue weighted by atomic mass is 16.2. The summed E-state index contributed by atoms with van der Waals surface area (Å²) >= 11 is 0. The van der Waals surface area contributed by atoms with Crippen LogP contribution in [0.1, 0.15) is 24.2 Å². The second-order valence-corrected chi connectivity index (χ2v) is 5.55. The number of nitrogens with one attached hydrogen (secondary N) is 1. The summed E-state index contributed by atoms with van der Waals surface area (Å²) in [6.45, 7) is 8.88. The molecule has 0 bridgehead atoms. The standard InChI is InChI=1S/C14H23N5O/c1-11(2)10-18-5-7-19(8-6-18)14(20)12-9-16-4-3-13(12)17-15/h3-4,9,11H,5-8,10,15H2,1-2H3,(H,16,17). The Morgan fingerprint density at radius 2 is 2.10 bits per heavy atom. The van der Waals surface area contributed by atoms with Gasteiger partial charge < -0.3 is 10.3 Å². The molecule has 1 amide bonds. The number of pyridine rings is 1. The highest BCUT2D eigenvalue weighted by molar-refractivity contribution is 5.99. The van der Waals surface area contributed by atoms with Crippen molar-refractivity contribution in [2.45, 2.75) is 13.8 Å². The lowest BCUT2D eigenvalue weighted by Gasteiger charge is -2.35. The summed E-state index contributed by atoms with van der Waals surface area (Å²) in [4.78, 5) is 20.8. The molecule has 3 N–H and O–H groups in total. The molecular weight excluding hydrogens is 254 g/mol. The third-order valence-electron chi connectivity index (χ3n) is 3.49. The SMILES string of the molecule is CC(C)CN1CCN(C(=O)c2cnccc2NN)CC1. The van der Waals surface area contributed by atoms with E-state index in [1.807, 2.05) is 4.90 Å². The fourth-order valence-corrected chi connectivity index (χ4v) is 2.51. The van der Waals surface area contributed by atoms with E-state index in [9.17, 15) is 4.79 Å². The Labute approximate surface area is 119 Å². The highest BCUT2D eigenvalue weighted by Gasteiger charge is 2.24. The van der Waals surface area contributed by atoms with Gasteiger partial charge in [0.1, 0.15) is 0 Å². The van der Waals surface area contributed by atoms with Gasteiger partial charge in [0.05, 0.1) is 11.3 Å². The molecule has 1 saturated heterocycles. The minimum absolute atomic E-state index is 0.00440. The van der Waals surface area contributed by atoms with Crippen LogP contribution in [0, 0.1) is 5.92 Å². The molecule has 1 aromatic heterocycles. The molecule has 1 aromatic rings. The number of nitrogens with zero attached hydrogens (tertiary/aromatic N) is 3. The summed E-state index contributed by atoms with van der Waals surface area (Å²) in [6, 6.07) is 1.71. The van der Waals surface area contributed by atoms with Gasteiger partial charge in [-0.1, -0.05) is 13.8 Å². The molecule has 6 heteroatoms. The summed E-state index contributed by atoms with van der Waals surface area (Å²) in [7, 11) is 0. The molecule has 0 spiro atoms. The van der Waals surface area contributed by atoms with E-state index >= 15 is 0 Å². The molecule has 0 radical (unpaired) electrons. The third kappa shape index (κ3) is 3.46. The van der Waals surface area contributed by atoms with Crippen molar-refractivity contribution >= 4 is 11.6 Å². The Kier molecular flexibility index (Phi) is 4.92. The Hall–Kier alpha value is -1.66. The normalized spacial score (nSPS) is 16.5. The average molecular weight is 277 g/mol. The Balaban J connectivity index is 1.98. The van der Waals surface area contributed by atoms with Crippen LogP contribution in [0.3, 0.4) is 0 Å². The maximum Gasteiger partial charge on any atom is 0.257 e. The first kappa shape index (κ1) is 14.7. The quantitative estimate of drug-likeness (QED) is 0.628. The number of carbonyl (C=O) groups is 1. The number of rotatable bonds is 4. The van der Waals surface area contributed by atoms with Gasteiger partial charge >= 0.3 is 0 Å². The van der Waals surface area contributed by atoms with E-state index in [-0.39, 0.29) is 5.91 Å². The van der Waals surface area contributed by atoms with Gasteiger partial charge in [0.2, 0.25) is 0 Å². The first-order chi connectivity index (χ1) is 9.61. The van der Waals surface area contributed by atoms with E-state index in [2.05, 4.69) is 29.2 Å². The molecule has 2 rings (SSSR count). The van der Waals surface area contributed by atoms with Crippen molar-refractivity contribution in [3.8, 4) is 0 Å². The monoisotopic (exact) mass is 277 g/mol. The van der Waals surface area contributed by atoms with E-state index in [1.54, 1.807) is 18.5 Å². The molecule has 1 aliphatic heterocycles. The van der Waals surface area contributed by atoms with Gasteiger partial charge in [-0.2, -0.15) is 0 Å². The highest BCUT2D eigenvalue weighted by Crippen LogP contribution is 2.16. The van der Waals surface area contributed by atoms with Crippen LogP contribution < -0.4 is 11.3 Å². The number of piperazine rings is 1. The van der Waals surface area contributed by atoms with Gasteiger partial charge in [-0.05, 0) is 12.0 Å². The van der Waals surface area contributed by atoms with Crippen LogP contribution in [0.2, 0.25) is 0 Å². The average Bonchev–Trinajstić information content (AvgIpc) is 2.46. The molecule has 20 heavy (non-hydrogen) atoms. The first-order valence-electron chi connectivity index (χ1n) is 7.04. The number of nitrogens with two attached hydrogens (primary N) is 1. The molecule has 1 fully saturated rings. The smallest absolute Gasteiger partial charge is 0.257 e. The van der Waals surface area contributed by atoms with Crippen LogP contribution in [0.4, 0.5) is 5.69 Å². The minimum Gasteiger partial charge on any atom is -0.336 e. The van der Waals surface area contributed by atoms with Gasteiger partial charge in [0, 0.05) is 45.1 Å². The Bertz CT molecular complexity index is 455. The number of hydrogen-bond donors (Lipinski definition) is 2. The summed E-state index contributed by atoms with van der Waals surface area (Å²) in [5.74, 6) is 6.09. The van der Waals surface area contributed by atoms with Gasteiger partial charge in [-0.15, -0.1) is 0 Å². The number of carbonyl (C=O) groups excluding carboxylic acids is 1. The third-order valence-corrected chi connectivity index (χ3v) is 3.49. The predicted molar refractivity (Wildman–Crippen MR) is 79.2 cm³/mol. The van der Waals surface area contributed by atoms with Crippen LogP contribution in [0.5, 0.6) is 0 Å². The zero-order valence-electron chi connectivity index (χ0n) is 12.2. The number of aromatic nitrogens is 1. The van der Waals surface area contributed by atoms with Gasteiger partial charge in [0.15, 0.2) is 0 Å². The van der Waals surface area contributed by atoms with Crippen LogP contribution >= 0.6 is 0 Å². The van der Waals surface area contributed by atoms with Crippen molar-refractivity contribution in [3.63, 3.8) is 0 Å². The van der Waals surface area contributed by atoms with Crippen LogP contribution in [0.25, 0.3) is 0 Å². The molecule has 6 nitrogen and oxygen atoms in total. The fraction of sp³-hybridized carbons (Fsp3) is 0.571. The minimum atomic E-state index is -0.00440. The van der Waals surface area contributed by atoms with Crippen molar-refractivity contribution in [2.24, 2.45) is 11.8 Å². The zero-order chi connectivity index (χ0) is 14.5. The molecule has 110 valence electrons. The van der Waals surface area contributed by atoms with E-state index in [0.29, 0.717) is 17.2 Å². The molecule has 0 aliphatic carbocycles. The Morgan fingerprint density at radius 3 is 2.70 bits per heavy atom. The maximum absolute atomic E-state index is 12.5. The summed E-state index contributed by atoms with van der Waals surface area (Å²) < 4.78 is 0. The van der Waals surface area contributed by atoms with E-state index in [0.717, 1.165) is 32.7 Å². The number of hydrogen-bond acceptors (Lipinski definition) is 5. The van der Waals surface area contributed by atoms with Crippen molar-refractivity contribution in [2.75, 3.05) is 38.1 Å². The summed E-state index contributed by atoms with van der Waals surface area (Å²) in [6.07, 6.45) is 3.19. The number of anilines is 1. The molecular formula is C14H23N5O. The zero-order valence-corrected chi connectivity index (χ0v) is 12.2. The van der Waals surface area contributed by atoms with Crippen molar-refractivity contribution in [3.05, 3.63) is 24.0 Å². The van der Waals surface area contributed by atoms with E-state index < -0.39 is 0 Å². The van der Waals surface area contributed by atoms with Gasteiger partial charge in [-0.25, -0.2) is 0 Å². The van der Waals surface area contributed by atoms with Gasteiger partial charge in [0.25, 0.3) is 5.91 Å². The van der Waals surface area contributed by atoms with E-state index in [4.69, 9.17) is 5.84 Å². The Morgan fingerprint density at radius 1 is 1.40 bits per heavy atom. The lowest BCUT2D eigenvalue weighted by atomic mass is 10.1. The molecule has 0 unspecified atom stereocenters. The van der Waals surface area contributed by atoms with Gasteiger partial charge in [-0.3, -0.25) is 20.5 Å². The topological polar surface area (TPSA) is 74.5 Å². The summed E-state index contributed by atoms with van der Waals surface area (Å²) in [5.41, 5.74) is 3.71. The lowest BCUT2D eigenvalue weighted by Crippen LogP contribution is -2.49. The molecule has 0 aromatic carbocycles. The van der Waals surface area contributed by atoms with Crippen LogP contribution in [-0.2, 0) is 0 Å². The van der Waals surface area contributed by atoms with Crippen molar-refractivity contribution in [1.29, 1.82) is 0 Å². The number of nitrogen functional groups attached to an aromatic ring is 1. The predicted octanol–water partition coefficient (Wildman–Crippen LogP) is 0.781.